The highest BCUT2D eigenvalue weighted by Gasteiger charge is 2.39. The number of nitrogens with one attached hydrogen (secondary N) is 6. The minimum atomic E-state index is -2.44. The zero-order valence-corrected chi connectivity index (χ0v) is 41.2. The predicted molar refractivity (Wildman–Crippen MR) is 255 cm³/mol. The monoisotopic (exact) mass is 1020 g/mol. The third-order valence-electron chi connectivity index (χ3n) is 12.3. The van der Waals surface area contributed by atoms with Crippen molar-refractivity contribution in [1.29, 1.82) is 0 Å². The molecule has 1 aromatic carbocycles. The van der Waals surface area contributed by atoms with E-state index in [9.17, 15) is 73.2 Å². The Balaban J connectivity index is 2.42. The number of rotatable bonds is 32. The molecule has 0 spiro atoms. The summed E-state index contributed by atoms with van der Waals surface area (Å²) in [6.45, 7) is 10.3. The van der Waals surface area contributed by atoms with Gasteiger partial charge in [-0.2, -0.15) is 0 Å². The number of carbonyl (C=O) groups is 11. The number of benzene rings is 1. The Morgan fingerprint density at radius 1 is 0.681 bits per heavy atom. The van der Waals surface area contributed by atoms with Crippen LogP contribution in [0.2, 0.25) is 0 Å². The number of ether oxygens (including phenoxy) is 1. The van der Waals surface area contributed by atoms with Crippen LogP contribution in [0, 0.1) is 23.7 Å². The quantitative estimate of drug-likeness (QED) is 0.0328. The van der Waals surface area contributed by atoms with E-state index in [4.69, 9.17) is 15.6 Å². The Morgan fingerprint density at radius 3 is 1.71 bits per heavy atom. The van der Waals surface area contributed by atoms with Crippen LogP contribution in [-0.4, -0.2) is 146 Å². The van der Waals surface area contributed by atoms with Gasteiger partial charge in [-0.05, 0) is 54.7 Å². The van der Waals surface area contributed by atoms with Gasteiger partial charge in [0.25, 0.3) is 5.91 Å². The molecule has 6 amide bonds. The van der Waals surface area contributed by atoms with Crippen molar-refractivity contribution in [3.63, 3.8) is 0 Å². The van der Waals surface area contributed by atoms with E-state index in [-0.39, 0.29) is 43.9 Å². The minimum absolute atomic E-state index is 0.0744. The van der Waals surface area contributed by atoms with E-state index in [0.29, 0.717) is 24.2 Å². The highest BCUT2D eigenvalue weighted by molar-refractivity contribution is 6.08. The lowest BCUT2D eigenvalue weighted by Crippen LogP contribution is -2.61. The highest BCUT2D eigenvalue weighted by atomic mass is 16.5. The van der Waals surface area contributed by atoms with Gasteiger partial charge >= 0.3 is 23.9 Å². The summed E-state index contributed by atoms with van der Waals surface area (Å²) in [5.41, 5.74) is 6.13. The molecule has 72 heavy (non-hydrogen) atoms. The van der Waals surface area contributed by atoms with Gasteiger partial charge in [0.05, 0.1) is 25.6 Å². The topological polar surface area (TPSA) is 396 Å². The molecule has 2 rings (SSSR count). The Labute approximate surface area is 417 Å². The van der Waals surface area contributed by atoms with Gasteiger partial charge in [0.2, 0.25) is 29.5 Å². The molecule has 1 aliphatic rings. The van der Waals surface area contributed by atoms with Gasteiger partial charge in [-0.3, -0.25) is 47.9 Å². The van der Waals surface area contributed by atoms with Crippen LogP contribution in [0.1, 0.15) is 104 Å². The number of ketones is 1. The smallest absolute Gasteiger partial charge is 0.326 e. The zero-order valence-electron chi connectivity index (χ0n) is 41.2. The maximum atomic E-state index is 14.3. The number of methoxy groups -OCH3 is 1. The number of carboxylic acids is 4. The molecular weight excluding hydrogens is 947 g/mol. The maximum Gasteiger partial charge on any atom is 0.326 e. The third-order valence-corrected chi connectivity index (χ3v) is 12.3. The molecule has 1 aliphatic carbocycles. The number of aliphatic carboxylic acids is 4. The fourth-order valence-corrected chi connectivity index (χ4v) is 7.97. The molecule has 24 heteroatoms. The van der Waals surface area contributed by atoms with Gasteiger partial charge in [0.1, 0.15) is 36.0 Å². The third kappa shape index (κ3) is 20.0. The average Bonchev–Trinajstić information content (AvgIpc) is 3.32. The number of Topliss-reactive ketones (excluding diaryl/α,β-unsaturated/α-hetero) is 1. The van der Waals surface area contributed by atoms with Gasteiger partial charge in [-0.1, -0.05) is 84.4 Å². The SMILES string of the molecule is C=CCC(NC(=O)[C@H](CC1CCCCC1)NC(=O)[C@@H](NC(=O)[C@H](CC(C)C)NC(=O)[C@@H](CC(C(=O)O)C(=O)O)NC(=O)[C@@H](N)CC(=O)O)[C@@H](C)CC)C(=O)C(O)C(=O)N[C@@H](Cc1ccc(OC)cc1)C(=O)O. The van der Waals surface area contributed by atoms with Crippen LogP contribution in [0.5, 0.6) is 5.75 Å². The molecule has 13 N–H and O–H groups in total. The second-order valence-corrected chi connectivity index (χ2v) is 18.4. The summed E-state index contributed by atoms with van der Waals surface area (Å²) in [7, 11) is 1.45. The first-order valence-electron chi connectivity index (χ1n) is 23.8. The summed E-state index contributed by atoms with van der Waals surface area (Å²) in [5, 5.41) is 63.4. The predicted octanol–water partition coefficient (Wildman–Crippen LogP) is -0.223. The van der Waals surface area contributed by atoms with Crippen LogP contribution in [-0.2, 0) is 59.2 Å². The first-order chi connectivity index (χ1) is 33.8. The Morgan fingerprint density at radius 2 is 1.19 bits per heavy atom. The highest BCUT2D eigenvalue weighted by Crippen LogP contribution is 2.28. The molecule has 0 saturated heterocycles. The van der Waals surface area contributed by atoms with Crippen molar-refractivity contribution in [3.8, 4) is 5.75 Å². The first-order valence-corrected chi connectivity index (χ1v) is 23.8. The Kier molecular flexibility index (Phi) is 25.5. The van der Waals surface area contributed by atoms with Crippen LogP contribution < -0.4 is 42.4 Å². The van der Waals surface area contributed by atoms with Crippen molar-refractivity contribution in [2.45, 2.75) is 153 Å². The molecular formula is C48H71N7O17. The fraction of sp³-hybridized carbons (Fsp3) is 0.604. The standard InChI is InChI=1S/C48H71N7O17/c1-7-12-31(38(58)39(59)45(65)54-35(48(70)71)21-27-15-17-28(72-6)18-16-27)50-41(61)33(20-26-13-10-9-11-14-26)53-44(64)37(25(5)8-2)55-43(63)32(19-24(3)4)52-42(62)34(22-29(46(66)67)47(68)69)51-40(60)30(49)23-36(56)57/h7,15-18,24-26,29-35,37,39,59H,1,8-14,19-23,49H2,2-6H3,(H,50,61)(H,51,60)(H,52,62)(H,53,64)(H,54,65)(H,55,63)(H,56,57)(H,66,67)(H,68,69)(H,70,71)/t25-,30-,31?,32-,33-,34+,35-,37-,39?/m0/s1. The van der Waals surface area contributed by atoms with E-state index in [2.05, 4.69) is 38.5 Å². The van der Waals surface area contributed by atoms with Crippen molar-refractivity contribution in [2.75, 3.05) is 7.11 Å². The Bertz CT molecular complexity index is 2080. The van der Waals surface area contributed by atoms with Gasteiger partial charge in [-0.25, -0.2) is 4.79 Å². The lowest BCUT2D eigenvalue weighted by Gasteiger charge is -2.31. The summed E-state index contributed by atoms with van der Waals surface area (Å²) in [6, 6.07) is -4.77. The van der Waals surface area contributed by atoms with E-state index in [1.54, 1.807) is 52.0 Å². The number of amides is 6. The molecule has 1 fully saturated rings. The van der Waals surface area contributed by atoms with Crippen LogP contribution in [0.3, 0.4) is 0 Å². The van der Waals surface area contributed by atoms with E-state index >= 15 is 0 Å². The summed E-state index contributed by atoms with van der Waals surface area (Å²) in [4.78, 5) is 143. The molecule has 0 aromatic heterocycles. The van der Waals surface area contributed by atoms with Crippen LogP contribution in [0.15, 0.2) is 36.9 Å². The number of aliphatic hydroxyl groups excluding tert-OH is 1. The molecule has 9 atom stereocenters. The summed E-state index contributed by atoms with van der Waals surface area (Å²) >= 11 is 0. The second-order valence-electron chi connectivity index (χ2n) is 18.4. The number of hydrogen-bond donors (Lipinski definition) is 12. The van der Waals surface area contributed by atoms with Crippen LogP contribution in [0.4, 0.5) is 0 Å². The number of carbonyl (C=O) groups excluding carboxylic acids is 7. The van der Waals surface area contributed by atoms with Crippen molar-refractivity contribution in [2.24, 2.45) is 29.4 Å². The van der Waals surface area contributed by atoms with E-state index in [1.807, 2.05) is 0 Å². The Hall–Kier alpha value is -6.95. The van der Waals surface area contributed by atoms with Gasteiger partial charge in [0, 0.05) is 12.8 Å². The minimum Gasteiger partial charge on any atom is -0.497 e. The van der Waals surface area contributed by atoms with E-state index < -0.39 is 138 Å². The summed E-state index contributed by atoms with van der Waals surface area (Å²) in [6.07, 6.45) is 0.607. The van der Waals surface area contributed by atoms with Crippen molar-refractivity contribution < 1.29 is 83.0 Å². The fourth-order valence-electron chi connectivity index (χ4n) is 7.97. The lowest BCUT2D eigenvalue weighted by molar-refractivity contribution is -0.155. The molecule has 1 saturated carbocycles. The van der Waals surface area contributed by atoms with Gasteiger partial charge < -0.3 is 67.9 Å². The molecule has 0 bridgehead atoms. The molecule has 1 aromatic rings. The normalized spacial score (nSPS) is 16.4. The largest absolute Gasteiger partial charge is 0.497 e. The summed E-state index contributed by atoms with van der Waals surface area (Å²) in [5.74, 6) is -17.2. The van der Waals surface area contributed by atoms with Crippen molar-refractivity contribution >= 4 is 65.1 Å². The second kappa shape index (κ2) is 30.0. The molecule has 0 radical (unpaired) electrons. The van der Waals surface area contributed by atoms with Gasteiger partial charge in [-0.15, -0.1) is 6.58 Å². The van der Waals surface area contributed by atoms with Crippen LogP contribution in [0.25, 0.3) is 0 Å². The van der Waals surface area contributed by atoms with Crippen molar-refractivity contribution in [3.05, 3.63) is 42.5 Å². The average molecular weight is 1020 g/mol. The van der Waals surface area contributed by atoms with E-state index in [0.717, 1.165) is 19.3 Å². The number of hydrogen-bond acceptors (Lipinski definition) is 14. The molecule has 24 nitrogen and oxygen atoms in total. The van der Waals surface area contributed by atoms with Crippen LogP contribution >= 0.6 is 0 Å². The molecule has 2 unspecified atom stereocenters. The van der Waals surface area contributed by atoms with Gasteiger partial charge in [0.15, 0.2) is 17.8 Å². The summed E-state index contributed by atoms with van der Waals surface area (Å²) < 4.78 is 5.11. The number of nitrogens with two attached hydrogens (primary N) is 1. The van der Waals surface area contributed by atoms with E-state index in [1.165, 1.54) is 13.2 Å². The lowest BCUT2D eigenvalue weighted by atomic mass is 9.84. The molecule has 0 aliphatic heterocycles. The molecule has 0 heterocycles. The number of carboxylic acid groups (broad SMARTS) is 4. The van der Waals surface area contributed by atoms with Crippen molar-refractivity contribution in [1.82, 2.24) is 31.9 Å². The molecule has 400 valence electrons. The number of aliphatic hydroxyl groups is 1. The maximum absolute atomic E-state index is 14.3. The first kappa shape index (κ1) is 61.2. The zero-order chi connectivity index (χ0) is 54.4.